The first-order chi connectivity index (χ1) is 11.8. The third-order valence-corrected chi connectivity index (χ3v) is 3.51. The molecule has 0 fully saturated rings. The quantitative estimate of drug-likeness (QED) is 0.591. The van der Waals surface area contributed by atoms with E-state index in [0.717, 1.165) is 5.56 Å². The highest BCUT2D eigenvalue weighted by atomic mass is 16.5. The number of hydrogen-bond donors (Lipinski definition) is 3. The third kappa shape index (κ3) is 8.19. The minimum atomic E-state index is -1.01. The van der Waals surface area contributed by atoms with Crippen LogP contribution in [0.2, 0.25) is 0 Å². The summed E-state index contributed by atoms with van der Waals surface area (Å²) < 4.78 is 5.06. The number of carboxylic acid groups (broad SMARTS) is 1. The van der Waals surface area contributed by atoms with Crippen molar-refractivity contribution in [2.45, 2.75) is 39.2 Å². The Balaban J connectivity index is 2.65. The average molecular weight is 350 g/mol. The maximum Gasteiger partial charge on any atom is 0.303 e. The Morgan fingerprint density at radius 1 is 1.16 bits per heavy atom. The molecule has 0 saturated heterocycles. The number of ether oxygens (including phenoxy) is 1. The van der Waals surface area contributed by atoms with Crippen LogP contribution in [0.3, 0.4) is 0 Å². The second kappa shape index (κ2) is 10.3. The highest BCUT2D eigenvalue weighted by Crippen LogP contribution is 2.11. The number of carbonyl (C=O) groups excluding carboxylic acids is 2. The number of hydrogen-bond acceptors (Lipinski definition) is 4. The summed E-state index contributed by atoms with van der Waals surface area (Å²) in [6.07, 6.45) is -0.0405. The average Bonchev–Trinajstić information content (AvgIpc) is 2.56. The van der Waals surface area contributed by atoms with Crippen LogP contribution in [0.25, 0.3) is 0 Å². The summed E-state index contributed by atoms with van der Waals surface area (Å²) >= 11 is 0. The molecule has 138 valence electrons. The van der Waals surface area contributed by atoms with E-state index in [0.29, 0.717) is 12.3 Å². The van der Waals surface area contributed by atoms with E-state index >= 15 is 0 Å². The highest BCUT2D eigenvalue weighted by Gasteiger charge is 2.21. The van der Waals surface area contributed by atoms with Gasteiger partial charge in [0.1, 0.15) is 11.8 Å². The fourth-order valence-corrected chi connectivity index (χ4v) is 2.14. The van der Waals surface area contributed by atoms with Crippen LogP contribution in [-0.4, -0.2) is 42.6 Å². The normalized spacial score (nSPS) is 11.7. The van der Waals surface area contributed by atoms with E-state index in [1.807, 2.05) is 13.8 Å². The second-order valence-corrected chi connectivity index (χ2v) is 6.22. The lowest BCUT2D eigenvalue weighted by Gasteiger charge is -2.18. The van der Waals surface area contributed by atoms with Crippen molar-refractivity contribution >= 4 is 17.8 Å². The molecule has 7 nitrogen and oxygen atoms in total. The lowest BCUT2D eigenvalue weighted by molar-refractivity contribution is -0.138. The number of amides is 2. The number of rotatable bonds is 10. The molecule has 0 aliphatic heterocycles. The van der Waals surface area contributed by atoms with Crippen LogP contribution >= 0.6 is 0 Å². The molecule has 0 heterocycles. The Hall–Kier alpha value is -2.57. The number of methoxy groups -OCH3 is 1. The van der Waals surface area contributed by atoms with Crippen LogP contribution in [0.4, 0.5) is 0 Å². The molecule has 0 unspecified atom stereocenters. The maximum atomic E-state index is 12.2. The van der Waals surface area contributed by atoms with E-state index in [4.69, 9.17) is 9.84 Å². The summed E-state index contributed by atoms with van der Waals surface area (Å²) in [7, 11) is 1.56. The minimum absolute atomic E-state index is 0.0492. The Kier molecular flexibility index (Phi) is 8.46. The molecule has 25 heavy (non-hydrogen) atoms. The lowest BCUT2D eigenvalue weighted by Crippen LogP contribution is -2.48. The molecule has 7 heteroatoms. The zero-order valence-corrected chi connectivity index (χ0v) is 14.9. The molecule has 0 spiro atoms. The summed E-state index contributed by atoms with van der Waals surface area (Å²) in [5.41, 5.74) is 0.776. The smallest absolute Gasteiger partial charge is 0.303 e. The third-order valence-electron chi connectivity index (χ3n) is 3.51. The van der Waals surface area contributed by atoms with Crippen LogP contribution < -0.4 is 15.4 Å². The zero-order chi connectivity index (χ0) is 18.8. The van der Waals surface area contributed by atoms with Gasteiger partial charge in [-0.2, -0.15) is 0 Å². The number of nitrogens with one attached hydrogen (secondary N) is 2. The monoisotopic (exact) mass is 350 g/mol. The molecular weight excluding hydrogens is 324 g/mol. The molecule has 2 amide bonds. The molecule has 0 radical (unpaired) electrons. The Bertz CT molecular complexity index is 584. The molecule has 0 aromatic heterocycles. The predicted molar refractivity (Wildman–Crippen MR) is 93.3 cm³/mol. The van der Waals surface area contributed by atoms with E-state index in [1.165, 1.54) is 0 Å². The highest BCUT2D eigenvalue weighted by molar-refractivity contribution is 5.88. The van der Waals surface area contributed by atoms with Gasteiger partial charge in [-0.25, -0.2) is 0 Å². The topological polar surface area (TPSA) is 105 Å². The van der Waals surface area contributed by atoms with Crippen molar-refractivity contribution in [3.8, 4) is 5.75 Å². The Morgan fingerprint density at radius 2 is 1.80 bits per heavy atom. The van der Waals surface area contributed by atoms with Crippen molar-refractivity contribution in [2.75, 3.05) is 13.7 Å². The van der Waals surface area contributed by atoms with Crippen LogP contribution in [-0.2, 0) is 20.8 Å². The van der Waals surface area contributed by atoms with Gasteiger partial charge in [0.05, 0.1) is 13.5 Å². The van der Waals surface area contributed by atoms with Gasteiger partial charge in [-0.3, -0.25) is 14.4 Å². The molecule has 0 aliphatic carbocycles. The summed E-state index contributed by atoms with van der Waals surface area (Å²) in [5, 5.41) is 14.2. The van der Waals surface area contributed by atoms with Gasteiger partial charge in [0.25, 0.3) is 0 Å². The van der Waals surface area contributed by atoms with Gasteiger partial charge in [-0.1, -0.05) is 26.0 Å². The molecule has 3 N–H and O–H groups in total. The molecule has 1 atom stereocenters. The predicted octanol–water partition coefficient (Wildman–Crippen LogP) is 1.36. The molecule has 1 aromatic carbocycles. The summed E-state index contributed by atoms with van der Waals surface area (Å²) in [4.78, 5) is 35.2. The second-order valence-electron chi connectivity index (χ2n) is 6.22. The Morgan fingerprint density at radius 3 is 2.32 bits per heavy atom. The first-order valence-corrected chi connectivity index (χ1v) is 8.23. The van der Waals surface area contributed by atoms with Crippen molar-refractivity contribution in [1.82, 2.24) is 10.6 Å². The molecule has 0 bridgehead atoms. The van der Waals surface area contributed by atoms with Gasteiger partial charge < -0.3 is 20.5 Å². The largest absolute Gasteiger partial charge is 0.497 e. The fraction of sp³-hybridized carbons (Fsp3) is 0.500. The van der Waals surface area contributed by atoms with E-state index in [-0.39, 0.29) is 37.0 Å². The summed E-state index contributed by atoms with van der Waals surface area (Å²) in [6, 6.07) is 6.17. The molecule has 1 aromatic rings. The van der Waals surface area contributed by atoms with E-state index < -0.39 is 12.0 Å². The van der Waals surface area contributed by atoms with Crippen LogP contribution in [0.5, 0.6) is 5.75 Å². The van der Waals surface area contributed by atoms with Crippen LogP contribution in [0, 0.1) is 5.92 Å². The van der Waals surface area contributed by atoms with E-state index in [2.05, 4.69) is 10.6 Å². The first-order valence-electron chi connectivity index (χ1n) is 8.23. The van der Waals surface area contributed by atoms with Crippen molar-refractivity contribution in [1.29, 1.82) is 0 Å². The van der Waals surface area contributed by atoms with Crippen molar-refractivity contribution in [3.63, 3.8) is 0 Å². The molecule has 0 saturated carbocycles. The van der Waals surface area contributed by atoms with Gasteiger partial charge in [-0.15, -0.1) is 0 Å². The SMILES string of the molecule is COc1ccc(CC(=O)N[C@@H](CCC(=O)O)C(=O)NCC(C)C)cc1. The maximum absolute atomic E-state index is 12.2. The van der Waals surface area contributed by atoms with Gasteiger partial charge >= 0.3 is 5.97 Å². The first kappa shape index (κ1) is 20.5. The number of benzene rings is 1. The van der Waals surface area contributed by atoms with Crippen molar-refractivity contribution in [3.05, 3.63) is 29.8 Å². The van der Waals surface area contributed by atoms with Crippen LogP contribution in [0.1, 0.15) is 32.3 Å². The fourth-order valence-electron chi connectivity index (χ4n) is 2.14. The minimum Gasteiger partial charge on any atom is -0.497 e. The summed E-state index contributed by atoms with van der Waals surface area (Å²) in [5.74, 6) is -0.750. The lowest BCUT2D eigenvalue weighted by atomic mass is 10.1. The van der Waals surface area contributed by atoms with Gasteiger partial charge in [0.15, 0.2) is 0 Å². The van der Waals surface area contributed by atoms with Gasteiger partial charge in [0.2, 0.25) is 11.8 Å². The van der Waals surface area contributed by atoms with Crippen molar-refractivity contribution in [2.24, 2.45) is 5.92 Å². The van der Waals surface area contributed by atoms with E-state index in [9.17, 15) is 14.4 Å². The Labute approximate surface area is 147 Å². The van der Waals surface area contributed by atoms with Gasteiger partial charge in [-0.05, 0) is 30.0 Å². The number of carbonyl (C=O) groups is 3. The van der Waals surface area contributed by atoms with E-state index in [1.54, 1.807) is 31.4 Å². The standard InChI is InChI=1S/C18H26N2O5/c1-12(2)11-19-18(24)15(8-9-17(22)23)20-16(21)10-13-4-6-14(25-3)7-5-13/h4-7,12,15H,8-11H2,1-3H3,(H,19,24)(H,20,21)(H,22,23)/t15-/m0/s1. The van der Waals surface area contributed by atoms with Gasteiger partial charge in [0, 0.05) is 13.0 Å². The molecule has 1 rings (SSSR count). The summed E-state index contributed by atoms with van der Waals surface area (Å²) in [6.45, 7) is 4.38. The molecular formula is C18H26N2O5. The number of carboxylic acids is 1. The molecule has 0 aliphatic rings. The van der Waals surface area contributed by atoms with Crippen molar-refractivity contribution < 1.29 is 24.2 Å². The number of aliphatic carboxylic acids is 1. The zero-order valence-electron chi connectivity index (χ0n) is 14.9. The van der Waals surface area contributed by atoms with Crippen LogP contribution in [0.15, 0.2) is 24.3 Å².